The van der Waals surface area contributed by atoms with Crippen LogP contribution in [0.3, 0.4) is 0 Å². The quantitative estimate of drug-likeness (QED) is 0.751. The van der Waals surface area contributed by atoms with Crippen molar-refractivity contribution in [2.45, 2.75) is 26.2 Å². The van der Waals surface area contributed by atoms with E-state index in [0.29, 0.717) is 23.8 Å². The molecule has 2 aliphatic rings. The lowest BCUT2D eigenvalue weighted by Gasteiger charge is -2.31. The second-order valence-electron chi connectivity index (χ2n) is 7.65. The van der Waals surface area contributed by atoms with Crippen molar-refractivity contribution in [2.24, 2.45) is 5.92 Å². The molecule has 0 radical (unpaired) electrons. The molecule has 2 aliphatic heterocycles. The first-order chi connectivity index (χ1) is 15.1. The molecule has 1 N–H and O–H groups in total. The topological polar surface area (TPSA) is 101 Å². The minimum absolute atomic E-state index is 0.0228. The van der Waals surface area contributed by atoms with Crippen LogP contribution in [0.15, 0.2) is 29.1 Å². The maximum Gasteiger partial charge on any atom is 0.490 e. The van der Waals surface area contributed by atoms with Gasteiger partial charge < -0.3 is 23.7 Å². The molecule has 4 heterocycles. The van der Waals surface area contributed by atoms with Crippen LogP contribution in [0.25, 0.3) is 0 Å². The normalized spacial score (nSPS) is 19.5. The predicted molar refractivity (Wildman–Crippen MR) is 105 cm³/mol. The molecule has 2 aromatic rings. The SMILES string of the molecule is Cc1occc1C(=O)N1Cc2nccn2CC(CN2CCOCC2)C1.O=C(O)C(F)(F)F. The van der Waals surface area contributed by atoms with E-state index in [2.05, 4.69) is 14.5 Å². The van der Waals surface area contributed by atoms with Crippen LogP contribution in [-0.2, 0) is 22.6 Å². The van der Waals surface area contributed by atoms with E-state index in [9.17, 15) is 18.0 Å². The lowest BCUT2D eigenvalue weighted by Crippen LogP contribution is -2.43. The fourth-order valence-electron chi connectivity index (χ4n) is 3.74. The number of rotatable bonds is 3. The summed E-state index contributed by atoms with van der Waals surface area (Å²) < 4.78 is 44.7. The van der Waals surface area contributed by atoms with Crippen molar-refractivity contribution in [3.05, 3.63) is 41.9 Å². The summed E-state index contributed by atoms with van der Waals surface area (Å²) in [5.41, 5.74) is 0.644. The van der Waals surface area contributed by atoms with Crippen molar-refractivity contribution in [3.8, 4) is 0 Å². The zero-order valence-electron chi connectivity index (χ0n) is 17.5. The number of hydrogen-bond donors (Lipinski definition) is 1. The summed E-state index contributed by atoms with van der Waals surface area (Å²) in [6, 6.07) is 1.76. The predicted octanol–water partition coefficient (Wildman–Crippen LogP) is 2.02. The number of morpholine rings is 1. The molecule has 1 fully saturated rings. The van der Waals surface area contributed by atoms with Gasteiger partial charge in [0.25, 0.3) is 5.91 Å². The Kier molecular flexibility index (Phi) is 7.56. The highest BCUT2D eigenvalue weighted by Crippen LogP contribution is 2.21. The Morgan fingerprint density at radius 3 is 2.53 bits per heavy atom. The molecule has 12 heteroatoms. The molecule has 32 heavy (non-hydrogen) atoms. The van der Waals surface area contributed by atoms with E-state index in [-0.39, 0.29) is 5.91 Å². The third-order valence-electron chi connectivity index (χ3n) is 5.31. The van der Waals surface area contributed by atoms with Gasteiger partial charge in [-0.25, -0.2) is 9.78 Å². The highest BCUT2D eigenvalue weighted by atomic mass is 19.4. The number of carboxylic acids is 1. The number of hydrogen-bond acceptors (Lipinski definition) is 6. The van der Waals surface area contributed by atoms with Crippen LogP contribution < -0.4 is 0 Å². The molecule has 176 valence electrons. The number of furan rings is 1. The maximum atomic E-state index is 13.0. The van der Waals surface area contributed by atoms with E-state index in [1.165, 1.54) is 0 Å². The highest BCUT2D eigenvalue weighted by Gasteiger charge is 2.38. The fourth-order valence-corrected chi connectivity index (χ4v) is 3.74. The molecule has 2 aromatic heterocycles. The second kappa shape index (κ2) is 10.2. The minimum atomic E-state index is -5.08. The van der Waals surface area contributed by atoms with Gasteiger partial charge in [-0.05, 0) is 13.0 Å². The van der Waals surface area contributed by atoms with E-state index >= 15 is 0 Å². The van der Waals surface area contributed by atoms with E-state index in [1.54, 1.807) is 12.3 Å². The van der Waals surface area contributed by atoms with Crippen molar-refractivity contribution in [1.29, 1.82) is 0 Å². The minimum Gasteiger partial charge on any atom is -0.475 e. The van der Waals surface area contributed by atoms with Gasteiger partial charge in [-0.1, -0.05) is 0 Å². The van der Waals surface area contributed by atoms with Crippen LogP contribution in [0.4, 0.5) is 13.2 Å². The van der Waals surface area contributed by atoms with Crippen molar-refractivity contribution < 1.29 is 37.0 Å². The lowest BCUT2D eigenvalue weighted by molar-refractivity contribution is -0.192. The molecule has 1 atom stereocenters. The van der Waals surface area contributed by atoms with Gasteiger partial charge in [0.05, 0.1) is 31.6 Å². The number of nitrogens with zero attached hydrogens (tertiary/aromatic N) is 4. The van der Waals surface area contributed by atoms with Crippen molar-refractivity contribution in [2.75, 3.05) is 39.4 Å². The van der Waals surface area contributed by atoms with Gasteiger partial charge in [0.1, 0.15) is 11.6 Å². The van der Waals surface area contributed by atoms with Crippen LogP contribution in [0.1, 0.15) is 21.9 Å². The number of ether oxygens (including phenoxy) is 1. The van der Waals surface area contributed by atoms with Gasteiger partial charge in [-0.2, -0.15) is 13.2 Å². The number of fused-ring (bicyclic) bond motifs is 1. The molecule has 0 aliphatic carbocycles. The van der Waals surface area contributed by atoms with E-state index in [0.717, 1.165) is 51.8 Å². The maximum absolute atomic E-state index is 13.0. The summed E-state index contributed by atoms with van der Waals surface area (Å²) in [5.74, 6) is -0.756. The van der Waals surface area contributed by atoms with Gasteiger partial charge >= 0.3 is 12.1 Å². The number of carbonyl (C=O) groups is 2. The molecule has 1 saturated heterocycles. The summed E-state index contributed by atoms with van der Waals surface area (Å²) in [6.45, 7) is 8.46. The largest absolute Gasteiger partial charge is 0.490 e. The molecular formula is C20H25F3N4O5. The molecule has 0 spiro atoms. The zero-order chi connectivity index (χ0) is 23.3. The summed E-state index contributed by atoms with van der Waals surface area (Å²) in [6.07, 6.45) is 0.323. The van der Waals surface area contributed by atoms with Crippen LogP contribution in [0.2, 0.25) is 0 Å². The summed E-state index contributed by atoms with van der Waals surface area (Å²) in [5, 5.41) is 7.12. The first kappa shape index (κ1) is 23.8. The number of imidazole rings is 1. The van der Waals surface area contributed by atoms with E-state index < -0.39 is 12.1 Å². The summed E-state index contributed by atoms with van der Waals surface area (Å²) >= 11 is 0. The zero-order valence-corrected chi connectivity index (χ0v) is 17.5. The molecule has 0 saturated carbocycles. The molecule has 1 amide bonds. The third kappa shape index (κ3) is 6.10. The van der Waals surface area contributed by atoms with Gasteiger partial charge in [0.2, 0.25) is 0 Å². The van der Waals surface area contributed by atoms with Crippen molar-refractivity contribution in [3.63, 3.8) is 0 Å². The Morgan fingerprint density at radius 2 is 1.94 bits per heavy atom. The summed E-state index contributed by atoms with van der Waals surface area (Å²) in [7, 11) is 0. The summed E-state index contributed by atoms with van der Waals surface area (Å²) in [4.78, 5) is 30.7. The average Bonchev–Trinajstić information content (AvgIpc) is 3.32. The van der Waals surface area contributed by atoms with Crippen LogP contribution in [-0.4, -0.2) is 81.9 Å². The van der Waals surface area contributed by atoms with Crippen LogP contribution in [0, 0.1) is 12.8 Å². The van der Waals surface area contributed by atoms with Crippen molar-refractivity contribution in [1.82, 2.24) is 19.4 Å². The van der Waals surface area contributed by atoms with Gasteiger partial charge in [-0.3, -0.25) is 9.69 Å². The third-order valence-corrected chi connectivity index (χ3v) is 5.31. The number of aromatic nitrogens is 2. The fraction of sp³-hybridized carbons (Fsp3) is 0.550. The molecule has 1 unspecified atom stereocenters. The number of aliphatic carboxylic acids is 1. The number of carbonyl (C=O) groups excluding carboxylic acids is 1. The highest BCUT2D eigenvalue weighted by molar-refractivity contribution is 5.95. The molecule has 4 rings (SSSR count). The van der Waals surface area contributed by atoms with Crippen LogP contribution >= 0.6 is 0 Å². The van der Waals surface area contributed by atoms with Gasteiger partial charge in [0.15, 0.2) is 0 Å². The Bertz CT molecular complexity index is 920. The van der Waals surface area contributed by atoms with Gasteiger partial charge in [-0.15, -0.1) is 0 Å². The smallest absolute Gasteiger partial charge is 0.475 e. The van der Waals surface area contributed by atoms with Gasteiger partial charge in [0, 0.05) is 51.0 Å². The number of alkyl halides is 3. The number of aryl methyl sites for hydroxylation is 1. The standard InChI is InChI=1S/C18H24N4O3.C2HF3O2/c1-14-16(2-7-25-14)18(23)22-12-15(10-20-5-8-24-9-6-20)11-21-4-3-19-17(21)13-22;3-2(4,5)1(6)7/h2-4,7,15H,5-6,8-13H2,1H3;(H,6,7). The average molecular weight is 458 g/mol. The van der Waals surface area contributed by atoms with Crippen molar-refractivity contribution >= 4 is 11.9 Å². The monoisotopic (exact) mass is 458 g/mol. The Hall–Kier alpha value is -2.86. The second-order valence-corrected chi connectivity index (χ2v) is 7.65. The Balaban J connectivity index is 0.000000360. The Morgan fingerprint density at radius 1 is 1.25 bits per heavy atom. The number of carboxylic acid groups (broad SMARTS) is 1. The molecular weight excluding hydrogens is 433 g/mol. The van der Waals surface area contributed by atoms with E-state index in [4.69, 9.17) is 19.1 Å². The molecule has 9 nitrogen and oxygen atoms in total. The lowest BCUT2D eigenvalue weighted by atomic mass is 10.1. The van der Waals surface area contributed by atoms with E-state index in [1.807, 2.05) is 24.2 Å². The Labute approximate surface area is 182 Å². The van der Waals surface area contributed by atoms with Crippen LogP contribution in [0.5, 0.6) is 0 Å². The number of amides is 1. The molecule has 0 bridgehead atoms. The number of halogens is 3. The molecule has 0 aromatic carbocycles. The first-order valence-corrected chi connectivity index (χ1v) is 10.1. The first-order valence-electron chi connectivity index (χ1n) is 10.1.